The van der Waals surface area contributed by atoms with Gasteiger partial charge in [0.1, 0.15) is 4.32 Å². The van der Waals surface area contributed by atoms with Crippen molar-refractivity contribution in [2.45, 2.75) is 33.1 Å². The normalized spacial score (nSPS) is 16.1. The predicted molar refractivity (Wildman–Crippen MR) is 102 cm³/mol. The molecule has 0 saturated carbocycles. The molecular weight excluding hydrogens is 342 g/mol. The zero-order valence-electron chi connectivity index (χ0n) is 13.9. The smallest absolute Gasteiger partial charge is 0.305 e. The summed E-state index contributed by atoms with van der Waals surface area (Å²) in [6, 6.07) is 8.14. The third-order valence-electron chi connectivity index (χ3n) is 3.63. The molecule has 0 unspecified atom stereocenters. The minimum atomic E-state index is -0.241. The number of thiocarbonyl (C=S) groups is 1. The molecular formula is C18H21NO3S2. The number of ether oxygens (including phenoxy) is 1. The zero-order chi connectivity index (χ0) is 17.5. The number of rotatable bonds is 7. The topological polar surface area (TPSA) is 46.6 Å². The van der Waals surface area contributed by atoms with Gasteiger partial charge in [0.15, 0.2) is 0 Å². The number of carbonyl (C=O) groups excluding carboxylic acids is 2. The largest absolute Gasteiger partial charge is 0.466 e. The van der Waals surface area contributed by atoms with Crippen molar-refractivity contribution < 1.29 is 14.3 Å². The van der Waals surface area contributed by atoms with Crippen molar-refractivity contribution >= 4 is 46.3 Å². The van der Waals surface area contributed by atoms with Crippen molar-refractivity contribution in [1.29, 1.82) is 0 Å². The van der Waals surface area contributed by atoms with E-state index < -0.39 is 0 Å². The first-order valence-electron chi connectivity index (χ1n) is 8.05. The van der Waals surface area contributed by atoms with Crippen LogP contribution in [-0.2, 0) is 20.7 Å². The Hall–Kier alpha value is -1.66. The van der Waals surface area contributed by atoms with Gasteiger partial charge < -0.3 is 4.74 Å². The standard InChI is InChI=1S/C18H21NO3S2/c1-3-13-7-9-14(10-8-13)12-15-17(21)19(18(23)24-15)11-5-6-16(20)22-4-2/h7-10,12H,3-6,11H2,1-2H3. The van der Waals surface area contributed by atoms with Crippen LogP contribution in [0.3, 0.4) is 0 Å². The van der Waals surface area contributed by atoms with Crippen LogP contribution >= 0.6 is 24.0 Å². The van der Waals surface area contributed by atoms with E-state index in [2.05, 4.69) is 19.1 Å². The summed E-state index contributed by atoms with van der Waals surface area (Å²) in [5, 5.41) is 0. The van der Waals surface area contributed by atoms with E-state index in [-0.39, 0.29) is 11.9 Å². The molecule has 1 aliphatic rings. The minimum absolute atomic E-state index is 0.0894. The highest BCUT2D eigenvalue weighted by atomic mass is 32.2. The van der Waals surface area contributed by atoms with Crippen molar-refractivity contribution in [1.82, 2.24) is 4.90 Å². The van der Waals surface area contributed by atoms with Gasteiger partial charge in [0.25, 0.3) is 5.91 Å². The van der Waals surface area contributed by atoms with Crippen molar-refractivity contribution in [2.24, 2.45) is 0 Å². The molecule has 24 heavy (non-hydrogen) atoms. The Balaban J connectivity index is 1.97. The quantitative estimate of drug-likeness (QED) is 0.419. The van der Waals surface area contributed by atoms with E-state index in [1.807, 2.05) is 18.2 Å². The van der Waals surface area contributed by atoms with Crippen molar-refractivity contribution in [3.8, 4) is 0 Å². The van der Waals surface area contributed by atoms with Crippen molar-refractivity contribution in [3.05, 3.63) is 40.3 Å². The number of hydrogen-bond donors (Lipinski definition) is 0. The highest BCUT2D eigenvalue weighted by molar-refractivity contribution is 8.26. The summed E-state index contributed by atoms with van der Waals surface area (Å²) < 4.78 is 5.43. The lowest BCUT2D eigenvalue weighted by molar-refractivity contribution is -0.143. The molecule has 1 aliphatic heterocycles. The van der Waals surface area contributed by atoms with E-state index in [9.17, 15) is 9.59 Å². The highest BCUT2D eigenvalue weighted by Crippen LogP contribution is 2.32. The van der Waals surface area contributed by atoms with Gasteiger partial charge in [0, 0.05) is 13.0 Å². The first kappa shape index (κ1) is 18.7. The number of carbonyl (C=O) groups is 2. The van der Waals surface area contributed by atoms with Gasteiger partial charge in [-0.25, -0.2) is 0 Å². The third kappa shape index (κ3) is 4.92. The molecule has 0 atom stereocenters. The summed E-state index contributed by atoms with van der Waals surface area (Å²) in [6.45, 7) is 4.70. The van der Waals surface area contributed by atoms with Crippen LogP contribution in [0.25, 0.3) is 6.08 Å². The Kier molecular flexibility index (Phi) is 6.99. The van der Waals surface area contributed by atoms with Crippen LogP contribution in [0, 0.1) is 0 Å². The summed E-state index contributed by atoms with van der Waals surface area (Å²) in [7, 11) is 0. The second kappa shape index (κ2) is 8.99. The van der Waals surface area contributed by atoms with Gasteiger partial charge in [0.05, 0.1) is 11.5 Å². The van der Waals surface area contributed by atoms with E-state index in [0.29, 0.717) is 35.2 Å². The molecule has 1 heterocycles. The molecule has 0 aliphatic carbocycles. The third-order valence-corrected chi connectivity index (χ3v) is 5.01. The summed E-state index contributed by atoms with van der Waals surface area (Å²) in [6.07, 6.45) is 3.69. The van der Waals surface area contributed by atoms with Crippen molar-refractivity contribution in [3.63, 3.8) is 0 Å². The molecule has 0 radical (unpaired) electrons. The van der Waals surface area contributed by atoms with Gasteiger partial charge in [-0.1, -0.05) is 55.2 Å². The molecule has 1 fully saturated rings. The molecule has 128 valence electrons. The number of amides is 1. The number of hydrogen-bond acceptors (Lipinski definition) is 5. The average Bonchev–Trinajstić information content (AvgIpc) is 2.83. The number of esters is 1. The maximum Gasteiger partial charge on any atom is 0.305 e. The Labute approximate surface area is 152 Å². The summed E-state index contributed by atoms with van der Waals surface area (Å²) in [5.41, 5.74) is 2.25. The van der Waals surface area contributed by atoms with Gasteiger partial charge >= 0.3 is 5.97 Å². The Morgan fingerprint density at radius 1 is 1.29 bits per heavy atom. The van der Waals surface area contributed by atoms with Gasteiger partial charge in [-0.15, -0.1) is 0 Å². The number of nitrogens with zero attached hydrogens (tertiary/aromatic N) is 1. The molecule has 0 N–H and O–H groups in total. The van der Waals surface area contributed by atoms with Crippen LogP contribution in [0.2, 0.25) is 0 Å². The van der Waals surface area contributed by atoms with E-state index in [0.717, 1.165) is 12.0 Å². The zero-order valence-corrected chi connectivity index (χ0v) is 15.5. The van der Waals surface area contributed by atoms with E-state index >= 15 is 0 Å². The minimum Gasteiger partial charge on any atom is -0.466 e. The molecule has 1 amide bonds. The molecule has 6 heteroatoms. The average molecular weight is 364 g/mol. The Morgan fingerprint density at radius 3 is 2.62 bits per heavy atom. The van der Waals surface area contributed by atoms with Crippen molar-refractivity contribution in [2.75, 3.05) is 13.2 Å². The molecule has 0 aromatic heterocycles. The fourth-order valence-corrected chi connectivity index (χ4v) is 3.62. The lowest BCUT2D eigenvalue weighted by Gasteiger charge is -2.13. The second-order valence-electron chi connectivity index (χ2n) is 5.34. The lowest BCUT2D eigenvalue weighted by atomic mass is 10.1. The molecule has 0 bridgehead atoms. The van der Waals surface area contributed by atoms with E-state index in [1.54, 1.807) is 11.8 Å². The maximum atomic E-state index is 12.5. The van der Waals surface area contributed by atoms with Crippen LogP contribution in [0.5, 0.6) is 0 Å². The first-order chi connectivity index (χ1) is 11.5. The molecule has 0 spiro atoms. The molecule has 4 nitrogen and oxygen atoms in total. The van der Waals surface area contributed by atoms with Gasteiger partial charge in [-0.05, 0) is 37.0 Å². The monoisotopic (exact) mass is 363 g/mol. The Bertz CT molecular complexity index is 653. The van der Waals surface area contributed by atoms with Crippen LogP contribution < -0.4 is 0 Å². The predicted octanol–water partition coefficient (Wildman–Crippen LogP) is 3.79. The summed E-state index contributed by atoms with van der Waals surface area (Å²) >= 11 is 6.60. The van der Waals surface area contributed by atoms with Crippen LogP contribution in [0.15, 0.2) is 29.2 Å². The molecule has 1 aromatic carbocycles. The summed E-state index contributed by atoms with van der Waals surface area (Å²) in [5.74, 6) is -0.331. The van der Waals surface area contributed by atoms with Gasteiger partial charge in [0.2, 0.25) is 0 Å². The Morgan fingerprint density at radius 2 is 2.00 bits per heavy atom. The first-order valence-corrected chi connectivity index (χ1v) is 9.27. The number of benzene rings is 1. The molecule has 1 saturated heterocycles. The number of aryl methyl sites for hydroxylation is 1. The molecule has 2 rings (SSSR count). The maximum absolute atomic E-state index is 12.5. The van der Waals surface area contributed by atoms with Crippen LogP contribution in [0.4, 0.5) is 0 Å². The fraction of sp³-hybridized carbons (Fsp3) is 0.389. The van der Waals surface area contributed by atoms with Gasteiger partial charge in [-0.2, -0.15) is 0 Å². The van der Waals surface area contributed by atoms with Gasteiger partial charge in [-0.3, -0.25) is 14.5 Å². The number of thioether (sulfide) groups is 1. The SMILES string of the molecule is CCOC(=O)CCCN1C(=O)C(=Cc2ccc(CC)cc2)SC1=S. The second-order valence-corrected chi connectivity index (χ2v) is 7.01. The lowest BCUT2D eigenvalue weighted by Crippen LogP contribution is -2.29. The summed E-state index contributed by atoms with van der Waals surface area (Å²) in [4.78, 5) is 26.0. The van der Waals surface area contributed by atoms with E-state index in [4.69, 9.17) is 17.0 Å². The molecule has 1 aromatic rings. The van der Waals surface area contributed by atoms with Crippen LogP contribution in [0.1, 0.15) is 37.8 Å². The van der Waals surface area contributed by atoms with Crippen LogP contribution in [-0.4, -0.2) is 34.2 Å². The highest BCUT2D eigenvalue weighted by Gasteiger charge is 2.31. The van der Waals surface area contributed by atoms with E-state index in [1.165, 1.54) is 17.3 Å². The fourth-order valence-electron chi connectivity index (χ4n) is 2.31.